The van der Waals surface area contributed by atoms with Crippen LogP contribution in [-0.2, 0) is 12.0 Å². The zero-order chi connectivity index (χ0) is 14.9. The number of pyridine rings is 1. The fourth-order valence-corrected chi connectivity index (χ4v) is 2.67. The molecule has 0 aliphatic carbocycles. The van der Waals surface area contributed by atoms with Gasteiger partial charge in [-0.2, -0.15) is 0 Å². The molecule has 1 N–H and O–H groups in total. The van der Waals surface area contributed by atoms with E-state index in [9.17, 15) is 9.50 Å². The van der Waals surface area contributed by atoms with E-state index in [2.05, 4.69) is 4.98 Å². The monoisotopic (exact) mass is 281 g/mol. The van der Waals surface area contributed by atoms with Crippen LogP contribution < -0.4 is 0 Å². The Balaban J connectivity index is 2.01. The smallest absolute Gasteiger partial charge is 0.123 e. The number of halogens is 1. The number of nitrogens with zero attached hydrogens (tertiary/aromatic N) is 1. The van der Waals surface area contributed by atoms with Crippen LogP contribution in [-0.4, -0.2) is 10.1 Å². The van der Waals surface area contributed by atoms with Crippen LogP contribution in [0.3, 0.4) is 0 Å². The van der Waals surface area contributed by atoms with Gasteiger partial charge in [-0.25, -0.2) is 4.39 Å². The number of benzene rings is 2. The predicted octanol–water partition coefficient (Wildman–Crippen LogP) is 3.82. The molecule has 0 saturated carbocycles. The van der Waals surface area contributed by atoms with Crippen LogP contribution in [0.25, 0.3) is 10.9 Å². The molecule has 0 saturated heterocycles. The second-order valence-electron chi connectivity index (χ2n) is 5.45. The summed E-state index contributed by atoms with van der Waals surface area (Å²) in [4.78, 5) is 4.31. The highest BCUT2D eigenvalue weighted by atomic mass is 19.1. The van der Waals surface area contributed by atoms with Gasteiger partial charge in [-0.1, -0.05) is 30.3 Å². The van der Waals surface area contributed by atoms with E-state index in [-0.39, 0.29) is 5.82 Å². The number of rotatable bonds is 3. The molecule has 2 nitrogen and oxygen atoms in total. The third kappa shape index (κ3) is 2.78. The maximum atomic E-state index is 13.0. The summed E-state index contributed by atoms with van der Waals surface area (Å²) in [5.41, 5.74) is 1.54. The maximum absolute atomic E-state index is 13.0. The summed E-state index contributed by atoms with van der Waals surface area (Å²) in [6, 6.07) is 15.8. The van der Waals surface area contributed by atoms with Crippen LogP contribution in [0.15, 0.2) is 60.8 Å². The molecular formula is C18H16FNO. The van der Waals surface area contributed by atoms with Crippen molar-refractivity contribution in [2.24, 2.45) is 0 Å². The highest BCUT2D eigenvalue weighted by molar-refractivity contribution is 5.82. The van der Waals surface area contributed by atoms with E-state index in [1.165, 1.54) is 12.1 Å². The summed E-state index contributed by atoms with van der Waals surface area (Å²) in [5.74, 6) is -0.271. The summed E-state index contributed by atoms with van der Waals surface area (Å²) in [5, 5.41) is 11.8. The Hall–Kier alpha value is -2.26. The highest BCUT2D eigenvalue weighted by Crippen LogP contribution is 2.30. The number of fused-ring (bicyclic) bond motifs is 1. The Morgan fingerprint density at radius 1 is 1.05 bits per heavy atom. The van der Waals surface area contributed by atoms with Gasteiger partial charge in [0.25, 0.3) is 0 Å². The van der Waals surface area contributed by atoms with E-state index in [1.54, 1.807) is 25.3 Å². The molecule has 0 fully saturated rings. The van der Waals surface area contributed by atoms with Gasteiger partial charge < -0.3 is 5.11 Å². The number of aromatic nitrogens is 1. The zero-order valence-corrected chi connectivity index (χ0v) is 11.8. The van der Waals surface area contributed by atoms with Crippen LogP contribution >= 0.6 is 0 Å². The Kier molecular flexibility index (Phi) is 3.43. The van der Waals surface area contributed by atoms with Crippen molar-refractivity contribution in [3.05, 3.63) is 77.7 Å². The predicted molar refractivity (Wildman–Crippen MR) is 81.4 cm³/mol. The van der Waals surface area contributed by atoms with Gasteiger partial charge in [0, 0.05) is 18.0 Å². The molecular weight excluding hydrogens is 265 g/mol. The van der Waals surface area contributed by atoms with Crippen molar-refractivity contribution >= 4 is 10.9 Å². The molecule has 0 spiro atoms. The van der Waals surface area contributed by atoms with Crippen LogP contribution in [0.1, 0.15) is 18.1 Å². The first kappa shape index (κ1) is 13.7. The quantitative estimate of drug-likeness (QED) is 0.791. The van der Waals surface area contributed by atoms with Crippen LogP contribution in [0, 0.1) is 5.82 Å². The molecule has 3 aromatic rings. The molecule has 1 heterocycles. The van der Waals surface area contributed by atoms with Gasteiger partial charge in [-0.05, 0) is 42.3 Å². The fourth-order valence-electron chi connectivity index (χ4n) is 2.67. The molecule has 2 aromatic carbocycles. The van der Waals surface area contributed by atoms with E-state index < -0.39 is 5.60 Å². The van der Waals surface area contributed by atoms with Crippen LogP contribution in [0.5, 0.6) is 0 Å². The van der Waals surface area contributed by atoms with Crippen molar-refractivity contribution in [2.75, 3.05) is 0 Å². The Morgan fingerprint density at radius 3 is 2.57 bits per heavy atom. The van der Waals surface area contributed by atoms with E-state index in [0.717, 1.165) is 22.0 Å². The topological polar surface area (TPSA) is 33.1 Å². The van der Waals surface area contributed by atoms with Crippen molar-refractivity contribution in [1.82, 2.24) is 4.98 Å². The lowest BCUT2D eigenvalue weighted by molar-refractivity contribution is 0.0591. The molecule has 1 aromatic heterocycles. The second-order valence-corrected chi connectivity index (χ2v) is 5.45. The van der Waals surface area contributed by atoms with Gasteiger partial charge in [0.05, 0.1) is 11.1 Å². The van der Waals surface area contributed by atoms with Gasteiger partial charge in [0.15, 0.2) is 0 Å². The fraction of sp³-hybridized carbons (Fsp3) is 0.167. The molecule has 1 unspecified atom stereocenters. The first-order valence-corrected chi connectivity index (χ1v) is 6.87. The average Bonchev–Trinajstić information content (AvgIpc) is 2.49. The lowest BCUT2D eigenvalue weighted by atomic mass is 9.87. The zero-order valence-electron chi connectivity index (χ0n) is 11.8. The van der Waals surface area contributed by atoms with E-state index in [1.807, 2.05) is 30.3 Å². The van der Waals surface area contributed by atoms with Gasteiger partial charge in [-0.15, -0.1) is 0 Å². The first-order chi connectivity index (χ1) is 10.1. The maximum Gasteiger partial charge on any atom is 0.123 e. The third-order valence-corrected chi connectivity index (χ3v) is 3.69. The second kappa shape index (κ2) is 5.26. The largest absolute Gasteiger partial charge is 0.385 e. The Labute approximate surface area is 122 Å². The highest BCUT2D eigenvalue weighted by Gasteiger charge is 2.25. The summed E-state index contributed by atoms with van der Waals surface area (Å²) in [6.07, 6.45) is 2.15. The van der Waals surface area contributed by atoms with E-state index in [4.69, 9.17) is 0 Å². The first-order valence-electron chi connectivity index (χ1n) is 6.87. The molecule has 3 heteroatoms. The molecule has 21 heavy (non-hydrogen) atoms. The lowest BCUT2D eigenvalue weighted by Gasteiger charge is -2.25. The summed E-state index contributed by atoms with van der Waals surface area (Å²) >= 11 is 0. The molecule has 1 atom stereocenters. The minimum Gasteiger partial charge on any atom is -0.385 e. The molecule has 0 amide bonds. The van der Waals surface area contributed by atoms with Crippen molar-refractivity contribution in [2.45, 2.75) is 18.9 Å². The number of hydrogen-bond donors (Lipinski definition) is 1. The minimum absolute atomic E-state index is 0.271. The number of aliphatic hydroxyl groups is 1. The average molecular weight is 281 g/mol. The third-order valence-electron chi connectivity index (χ3n) is 3.69. The van der Waals surface area contributed by atoms with Gasteiger partial charge in [0.2, 0.25) is 0 Å². The van der Waals surface area contributed by atoms with Gasteiger partial charge in [0.1, 0.15) is 5.82 Å². The minimum atomic E-state index is -1.04. The van der Waals surface area contributed by atoms with Crippen LogP contribution in [0.2, 0.25) is 0 Å². The van der Waals surface area contributed by atoms with Crippen molar-refractivity contribution < 1.29 is 9.50 Å². The van der Waals surface area contributed by atoms with Crippen molar-refractivity contribution in [3.8, 4) is 0 Å². The number of hydrogen-bond acceptors (Lipinski definition) is 2. The van der Waals surface area contributed by atoms with Gasteiger partial charge >= 0.3 is 0 Å². The standard InChI is InChI=1S/C18H16FNO/c1-18(21,12-13-7-9-14(19)10-8-13)16-5-2-6-17-15(16)4-3-11-20-17/h2-11,21H,12H2,1H3. The lowest BCUT2D eigenvalue weighted by Crippen LogP contribution is -2.24. The normalized spacial score (nSPS) is 14.0. The molecule has 0 aliphatic rings. The van der Waals surface area contributed by atoms with E-state index >= 15 is 0 Å². The van der Waals surface area contributed by atoms with Gasteiger partial charge in [-0.3, -0.25) is 4.98 Å². The molecule has 0 bridgehead atoms. The summed E-state index contributed by atoms with van der Waals surface area (Å²) in [7, 11) is 0. The Bertz CT molecular complexity index is 760. The van der Waals surface area contributed by atoms with E-state index in [0.29, 0.717) is 6.42 Å². The SMILES string of the molecule is CC(O)(Cc1ccc(F)cc1)c1cccc2ncccc12. The molecule has 0 aliphatic heterocycles. The van der Waals surface area contributed by atoms with Crippen molar-refractivity contribution in [1.29, 1.82) is 0 Å². The molecule has 3 rings (SSSR count). The van der Waals surface area contributed by atoms with Crippen molar-refractivity contribution in [3.63, 3.8) is 0 Å². The summed E-state index contributed by atoms with van der Waals surface area (Å²) in [6.45, 7) is 1.78. The van der Waals surface area contributed by atoms with Crippen LogP contribution in [0.4, 0.5) is 4.39 Å². The Morgan fingerprint density at radius 2 is 1.81 bits per heavy atom. The molecule has 0 radical (unpaired) electrons. The molecule has 106 valence electrons. The summed E-state index contributed by atoms with van der Waals surface area (Å²) < 4.78 is 13.0.